The molecule has 5 nitrogen and oxygen atoms in total. The maximum absolute atomic E-state index is 10.4. The van der Waals surface area contributed by atoms with Gasteiger partial charge in [0.1, 0.15) is 6.04 Å². The number of hydrogen-bond donors (Lipinski definition) is 2. The van der Waals surface area contributed by atoms with E-state index in [1.54, 1.807) is 0 Å². The van der Waals surface area contributed by atoms with Gasteiger partial charge >= 0.3 is 5.97 Å². The third-order valence-corrected chi connectivity index (χ3v) is 1.91. The zero-order chi connectivity index (χ0) is 9.72. The van der Waals surface area contributed by atoms with Crippen LogP contribution < -0.4 is 5.73 Å². The van der Waals surface area contributed by atoms with Crippen LogP contribution >= 0.6 is 27.9 Å². The van der Waals surface area contributed by atoms with Crippen LogP contribution in [0.2, 0.25) is 0 Å². The summed E-state index contributed by atoms with van der Waals surface area (Å²) >= 11 is 8.10. The maximum Gasteiger partial charge on any atom is 0.323 e. The molecule has 0 aliphatic heterocycles. The number of halogens is 2. The number of nitrogens with two attached hydrogens (primary N) is 1. The molecule has 0 fully saturated rings. The summed E-state index contributed by atoms with van der Waals surface area (Å²) < 4.78 is 0.832. The van der Waals surface area contributed by atoms with Crippen LogP contribution in [0.25, 0.3) is 0 Å². The van der Waals surface area contributed by atoms with Gasteiger partial charge in [-0.05, 0) is 18.2 Å². The molecule has 0 rings (SSSR count). The first kappa shape index (κ1) is 11.7. The summed E-state index contributed by atoms with van der Waals surface area (Å²) in [6.45, 7) is 0. The molecule has 7 heteroatoms. The van der Waals surface area contributed by atoms with Crippen LogP contribution in [0.15, 0.2) is 0 Å². The van der Waals surface area contributed by atoms with Crippen LogP contribution in [0.4, 0.5) is 0 Å². The van der Waals surface area contributed by atoms with Gasteiger partial charge in [-0.1, -0.05) is 0 Å². The van der Waals surface area contributed by atoms with E-state index in [1.165, 1.54) is 0 Å². The Labute approximate surface area is 82.9 Å². The third-order valence-electron chi connectivity index (χ3n) is 1.18. The van der Waals surface area contributed by atoms with Crippen LogP contribution in [-0.4, -0.2) is 26.5 Å². The largest absolute Gasteiger partial charge is 0.480 e. The highest BCUT2D eigenvalue weighted by Crippen LogP contribution is 2.14. The number of carbonyl (C=O) groups is 2. The fourth-order valence-electron chi connectivity index (χ4n) is 0.584. The minimum Gasteiger partial charge on any atom is -0.480 e. The molecule has 0 aliphatic carbocycles. The number of primary amides is 1. The van der Waals surface area contributed by atoms with Crippen molar-refractivity contribution in [3.63, 3.8) is 0 Å². The van der Waals surface area contributed by atoms with E-state index in [0.717, 1.165) is 3.45 Å². The molecule has 0 aromatic carbocycles. The lowest BCUT2D eigenvalue weighted by atomic mass is 10.2. The van der Waals surface area contributed by atoms with E-state index in [1.807, 2.05) is 0 Å². The molecule has 1 atom stereocenters. The Morgan fingerprint density at radius 2 is 2.17 bits per heavy atom. The predicted molar refractivity (Wildman–Crippen MR) is 46.5 cm³/mol. The van der Waals surface area contributed by atoms with Gasteiger partial charge in [0, 0.05) is 22.6 Å². The van der Waals surface area contributed by atoms with Crippen molar-refractivity contribution in [3.8, 4) is 0 Å². The molecule has 0 saturated heterocycles. The Balaban J connectivity index is 3.97. The van der Waals surface area contributed by atoms with Crippen molar-refractivity contribution in [1.29, 1.82) is 0 Å². The van der Waals surface area contributed by atoms with E-state index in [9.17, 15) is 9.59 Å². The summed E-state index contributed by atoms with van der Waals surface area (Å²) in [6, 6.07) is -0.945. The molecule has 0 bridgehead atoms. The monoisotopic (exact) mass is 258 g/mol. The van der Waals surface area contributed by atoms with Crippen LogP contribution in [0.1, 0.15) is 12.8 Å². The Morgan fingerprint density at radius 3 is 2.42 bits per heavy atom. The average Bonchev–Trinajstić information content (AvgIpc) is 1.84. The van der Waals surface area contributed by atoms with Gasteiger partial charge < -0.3 is 10.8 Å². The van der Waals surface area contributed by atoms with E-state index >= 15 is 0 Å². The molecule has 3 N–H and O–H groups in total. The molecule has 0 heterocycles. The molecule has 70 valence electrons. The molecule has 0 aromatic rings. The van der Waals surface area contributed by atoms with E-state index in [-0.39, 0.29) is 12.8 Å². The number of hydrogen-bond acceptors (Lipinski definition) is 3. The molecule has 1 unspecified atom stereocenters. The van der Waals surface area contributed by atoms with E-state index < -0.39 is 17.9 Å². The second kappa shape index (κ2) is 5.34. The topological polar surface area (TPSA) is 83.6 Å². The van der Waals surface area contributed by atoms with Gasteiger partial charge in [-0.15, -0.1) is 3.45 Å². The number of carboxylic acid groups (broad SMARTS) is 1. The Morgan fingerprint density at radius 1 is 1.67 bits per heavy atom. The molecular weight excluding hydrogens is 251 g/mol. The van der Waals surface area contributed by atoms with Crippen LogP contribution in [0.5, 0.6) is 0 Å². The van der Waals surface area contributed by atoms with E-state index in [0.29, 0.717) is 0 Å². The fraction of sp³-hybridized carbons (Fsp3) is 0.600. The highest BCUT2D eigenvalue weighted by atomic mass is 79.9. The van der Waals surface area contributed by atoms with Gasteiger partial charge in [-0.2, -0.15) is 0 Å². The Bertz CT molecular complexity index is 188. The number of carboxylic acids is 1. The van der Waals surface area contributed by atoms with Crippen molar-refractivity contribution >= 4 is 39.8 Å². The molecule has 0 aromatic heterocycles. The summed E-state index contributed by atoms with van der Waals surface area (Å²) in [7, 11) is 0. The smallest absolute Gasteiger partial charge is 0.323 e. The first-order chi connectivity index (χ1) is 5.45. The summed E-state index contributed by atoms with van der Waals surface area (Å²) in [6.07, 6.45) is 0.0746. The van der Waals surface area contributed by atoms with Crippen molar-refractivity contribution in [2.45, 2.75) is 18.9 Å². The van der Waals surface area contributed by atoms with E-state index in [2.05, 4.69) is 16.1 Å². The van der Waals surface area contributed by atoms with Gasteiger partial charge in [-0.3, -0.25) is 9.59 Å². The second-order valence-electron chi connectivity index (χ2n) is 2.12. The summed E-state index contributed by atoms with van der Waals surface area (Å²) in [5.74, 6) is -1.66. The van der Waals surface area contributed by atoms with Gasteiger partial charge in [0.25, 0.3) is 0 Å². The lowest BCUT2D eigenvalue weighted by Crippen LogP contribution is -2.30. The standard InChI is InChI=1S/C5H8BrClN2O3/c6-9(7)3(5(11)12)1-2-4(8)10/h3H,1-2H2,(H2,8,10)(H,11,12). The number of carbonyl (C=O) groups excluding carboxylic acids is 1. The average molecular weight is 259 g/mol. The summed E-state index contributed by atoms with van der Waals surface area (Å²) in [4.78, 5) is 20.7. The molecule has 0 aliphatic rings. The lowest BCUT2D eigenvalue weighted by molar-refractivity contribution is -0.140. The van der Waals surface area contributed by atoms with Gasteiger partial charge in [0.2, 0.25) is 5.91 Å². The number of aliphatic carboxylic acids is 1. The van der Waals surface area contributed by atoms with Crippen molar-refractivity contribution in [2.75, 3.05) is 0 Å². The van der Waals surface area contributed by atoms with Crippen molar-refractivity contribution in [2.24, 2.45) is 5.73 Å². The highest BCUT2D eigenvalue weighted by molar-refractivity contribution is 9.08. The lowest BCUT2D eigenvalue weighted by Gasteiger charge is -2.13. The van der Waals surface area contributed by atoms with Crippen LogP contribution in [0.3, 0.4) is 0 Å². The highest BCUT2D eigenvalue weighted by Gasteiger charge is 2.22. The third kappa shape index (κ3) is 4.53. The first-order valence-corrected chi connectivity index (χ1v) is 4.11. The van der Waals surface area contributed by atoms with Crippen LogP contribution in [0, 0.1) is 0 Å². The van der Waals surface area contributed by atoms with Gasteiger partial charge in [0.05, 0.1) is 0 Å². The minimum atomic E-state index is -1.11. The zero-order valence-corrected chi connectivity index (χ0v) is 8.38. The fourth-order valence-corrected chi connectivity index (χ4v) is 1.14. The Kier molecular flexibility index (Phi) is 5.19. The molecule has 0 saturated carbocycles. The normalized spacial score (nSPS) is 12.9. The number of rotatable bonds is 5. The van der Waals surface area contributed by atoms with Crippen LogP contribution in [-0.2, 0) is 9.59 Å². The number of nitrogens with zero attached hydrogens (tertiary/aromatic N) is 1. The van der Waals surface area contributed by atoms with Gasteiger partial charge in [-0.25, -0.2) is 0 Å². The molecule has 0 radical (unpaired) electrons. The summed E-state index contributed by atoms with van der Waals surface area (Å²) in [5, 5.41) is 8.55. The second-order valence-corrected chi connectivity index (χ2v) is 3.65. The van der Waals surface area contributed by atoms with Crippen molar-refractivity contribution in [3.05, 3.63) is 0 Å². The van der Waals surface area contributed by atoms with Gasteiger partial charge in [0.15, 0.2) is 0 Å². The minimum absolute atomic E-state index is 0.00815. The molecule has 1 amide bonds. The SMILES string of the molecule is NC(=O)CCC(C(=O)O)N(Cl)Br. The molecule has 12 heavy (non-hydrogen) atoms. The molecule has 0 spiro atoms. The quantitative estimate of drug-likeness (QED) is 0.703. The van der Waals surface area contributed by atoms with Crippen molar-refractivity contribution < 1.29 is 14.7 Å². The van der Waals surface area contributed by atoms with Crippen molar-refractivity contribution in [1.82, 2.24) is 3.45 Å². The zero-order valence-electron chi connectivity index (χ0n) is 6.04. The predicted octanol–water partition coefficient (Wildman–Crippen LogP) is 0.471. The van der Waals surface area contributed by atoms with E-state index in [4.69, 9.17) is 22.6 Å². The summed E-state index contributed by atoms with van der Waals surface area (Å²) in [5.41, 5.74) is 4.83. The molecular formula is C5H8BrClN2O3. The maximum atomic E-state index is 10.4. The first-order valence-electron chi connectivity index (χ1n) is 3.07. The number of amides is 1. The Hall–Kier alpha value is -0.330.